The molecule has 0 aliphatic rings. The maximum Gasteiger partial charge on any atom is 0.260 e. The molecule has 0 aliphatic carbocycles. The zero-order chi connectivity index (χ0) is 24.0. The van der Waals surface area contributed by atoms with E-state index in [0.29, 0.717) is 22.2 Å². The Morgan fingerprint density at radius 2 is 1.82 bits per heavy atom. The van der Waals surface area contributed by atoms with E-state index in [4.69, 9.17) is 4.74 Å². The standard InChI is InChI=1S/C26H22F2N4O2/c1-15-13-31(14-29-15)24-5-4-17(10-25(24)34-3)23-12-21-22(30-23)6-7-32(26(21)33)16(2)18-8-19(27)11-20(28)9-18/h4-14,16,30H,1-3H3. The van der Waals surface area contributed by atoms with Crippen LogP contribution in [0.4, 0.5) is 8.78 Å². The molecule has 5 rings (SSSR count). The highest BCUT2D eigenvalue weighted by Gasteiger charge is 2.16. The molecule has 3 heterocycles. The van der Waals surface area contributed by atoms with E-state index in [1.165, 1.54) is 16.7 Å². The van der Waals surface area contributed by atoms with Gasteiger partial charge in [-0.05, 0) is 55.8 Å². The summed E-state index contributed by atoms with van der Waals surface area (Å²) < 4.78 is 36.4. The van der Waals surface area contributed by atoms with Gasteiger partial charge in [-0.25, -0.2) is 13.8 Å². The second-order valence-corrected chi connectivity index (χ2v) is 8.23. The van der Waals surface area contributed by atoms with Crippen LogP contribution in [0.2, 0.25) is 0 Å². The molecule has 0 amide bonds. The number of aromatic nitrogens is 4. The Labute approximate surface area is 194 Å². The smallest absolute Gasteiger partial charge is 0.260 e. The number of imidazole rings is 1. The third-order valence-corrected chi connectivity index (χ3v) is 5.98. The Bertz CT molecular complexity index is 1560. The molecule has 0 saturated carbocycles. The van der Waals surface area contributed by atoms with Crippen molar-refractivity contribution in [1.29, 1.82) is 0 Å². The molecule has 8 heteroatoms. The molecule has 1 unspecified atom stereocenters. The minimum Gasteiger partial charge on any atom is -0.495 e. The number of halogens is 2. The molecule has 172 valence electrons. The summed E-state index contributed by atoms with van der Waals surface area (Å²) in [5, 5.41) is 0.481. The summed E-state index contributed by atoms with van der Waals surface area (Å²) in [6.45, 7) is 3.65. The van der Waals surface area contributed by atoms with Crippen LogP contribution in [-0.2, 0) is 0 Å². The second-order valence-electron chi connectivity index (χ2n) is 8.23. The molecule has 0 bridgehead atoms. The molecular weight excluding hydrogens is 438 g/mol. The summed E-state index contributed by atoms with van der Waals surface area (Å²) in [5.74, 6) is -0.695. The SMILES string of the molecule is COc1cc(-c2cc3c(=O)n(C(C)c4cc(F)cc(F)c4)ccc3[nH]2)ccc1-n1cnc(C)c1. The molecule has 1 atom stereocenters. The first-order valence-corrected chi connectivity index (χ1v) is 10.7. The van der Waals surface area contributed by atoms with Crippen molar-refractivity contribution >= 4 is 10.9 Å². The first kappa shape index (κ1) is 21.6. The van der Waals surface area contributed by atoms with Crippen LogP contribution in [0.1, 0.15) is 24.2 Å². The lowest BCUT2D eigenvalue weighted by molar-refractivity contribution is 0.413. The number of aromatic amines is 1. The molecule has 34 heavy (non-hydrogen) atoms. The Balaban J connectivity index is 1.55. The molecule has 0 spiro atoms. The van der Waals surface area contributed by atoms with Gasteiger partial charge in [0.15, 0.2) is 0 Å². The minimum atomic E-state index is -0.678. The van der Waals surface area contributed by atoms with Gasteiger partial charge >= 0.3 is 0 Å². The number of nitrogens with zero attached hydrogens (tertiary/aromatic N) is 3. The maximum absolute atomic E-state index is 13.7. The summed E-state index contributed by atoms with van der Waals surface area (Å²) in [6.07, 6.45) is 5.27. The van der Waals surface area contributed by atoms with Crippen LogP contribution >= 0.6 is 0 Å². The summed E-state index contributed by atoms with van der Waals surface area (Å²) in [6, 6.07) is 12.1. The van der Waals surface area contributed by atoms with Crippen molar-refractivity contribution < 1.29 is 13.5 Å². The molecule has 1 N–H and O–H groups in total. The molecular formula is C26H22F2N4O2. The number of nitrogens with one attached hydrogen (secondary N) is 1. The number of methoxy groups -OCH3 is 1. The number of hydrogen-bond donors (Lipinski definition) is 1. The molecule has 0 aliphatic heterocycles. The van der Waals surface area contributed by atoms with Crippen molar-refractivity contribution in [3.63, 3.8) is 0 Å². The van der Waals surface area contributed by atoms with E-state index >= 15 is 0 Å². The van der Waals surface area contributed by atoms with E-state index in [0.717, 1.165) is 28.7 Å². The number of pyridine rings is 1. The fraction of sp³-hybridized carbons (Fsp3) is 0.154. The lowest BCUT2D eigenvalue weighted by Crippen LogP contribution is -2.23. The van der Waals surface area contributed by atoms with Crippen molar-refractivity contribution in [2.75, 3.05) is 7.11 Å². The molecule has 5 aromatic rings. The van der Waals surface area contributed by atoms with Crippen LogP contribution in [0.25, 0.3) is 27.8 Å². The average Bonchev–Trinajstić information content (AvgIpc) is 3.45. The van der Waals surface area contributed by atoms with Crippen molar-refractivity contribution in [2.24, 2.45) is 0 Å². The molecule has 6 nitrogen and oxygen atoms in total. The van der Waals surface area contributed by atoms with Crippen LogP contribution in [0.5, 0.6) is 5.75 Å². The van der Waals surface area contributed by atoms with Gasteiger partial charge in [0.25, 0.3) is 5.56 Å². The van der Waals surface area contributed by atoms with Crippen LogP contribution in [-0.4, -0.2) is 26.2 Å². The van der Waals surface area contributed by atoms with Crippen molar-refractivity contribution in [3.8, 4) is 22.7 Å². The molecule has 0 radical (unpaired) electrons. The van der Waals surface area contributed by atoms with Gasteiger partial charge in [0.1, 0.15) is 17.4 Å². The largest absolute Gasteiger partial charge is 0.495 e. The number of hydrogen-bond acceptors (Lipinski definition) is 3. The van der Waals surface area contributed by atoms with E-state index in [2.05, 4.69) is 9.97 Å². The Morgan fingerprint density at radius 1 is 1.06 bits per heavy atom. The minimum absolute atomic E-state index is 0.255. The second kappa shape index (κ2) is 8.30. The van der Waals surface area contributed by atoms with Crippen molar-refractivity contribution in [2.45, 2.75) is 19.9 Å². The van der Waals surface area contributed by atoms with Gasteiger partial charge in [-0.2, -0.15) is 0 Å². The zero-order valence-corrected chi connectivity index (χ0v) is 18.8. The summed E-state index contributed by atoms with van der Waals surface area (Å²) in [5.41, 5.74) is 4.14. The van der Waals surface area contributed by atoms with Gasteiger partial charge in [-0.3, -0.25) is 4.79 Å². The number of rotatable bonds is 5. The third kappa shape index (κ3) is 3.77. The van der Waals surface area contributed by atoms with Crippen molar-refractivity contribution in [3.05, 3.63) is 100 Å². The number of aryl methyl sites for hydroxylation is 1. The summed E-state index contributed by atoms with van der Waals surface area (Å²) >= 11 is 0. The third-order valence-electron chi connectivity index (χ3n) is 5.98. The Hall–Kier alpha value is -4.20. The van der Waals surface area contributed by atoms with Gasteiger partial charge in [0.2, 0.25) is 0 Å². The van der Waals surface area contributed by atoms with Crippen molar-refractivity contribution in [1.82, 2.24) is 19.1 Å². The molecule has 2 aromatic carbocycles. The van der Waals surface area contributed by atoms with Gasteiger partial charge in [-0.15, -0.1) is 0 Å². The van der Waals surface area contributed by atoms with E-state index in [1.807, 2.05) is 35.9 Å². The van der Waals surface area contributed by atoms with Gasteiger partial charge in [0.05, 0.1) is 41.8 Å². The number of fused-ring (bicyclic) bond motifs is 1. The average molecular weight is 460 g/mol. The molecule has 3 aromatic heterocycles. The van der Waals surface area contributed by atoms with Gasteiger partial charge in [-0.1, -0.05) is 6.07 Å². The normalized spacial score (nSPS) is 12.3. The monoisotopic (exact) mass is 460 g/mol. The lowest BCUT2D eigenvalue weighted by Gasteiger charge is -2.16. The fourth-order valence-electron chi connectivity index (χ4n) is 4.19. The first-order valence-electron chi connectivity index (χ1n) is 10.7. The highest BCUT2D eigenvalue weighted by atomic mass is 19.1. The van der Waals surface area contributed by atoms with E-state index in [1.54, 1.807) is 38.7 Å². The van der Waals surface area contributed by atoms with Gasteiger partial charge < -0.3 is 18.9 Å². The predicted octanol–water partition coefficient (Wildman–Crippen LogP) is 5.39. The van der Waals surface area contributed by atoms with E-state index in [9.17, 15) is 13.6 Å². The Morgan fingerprint density at radius 3 is 2.50 bits per heavy atom. The quantitative estimate of drug-likeness (QED) is 0.383. The van der Waals surface area contributed by atoms with E-state index in [-0.39, 0.29) is 5.56 Å². The maximum atomic E-state index is 13.7. The number of benzene rings is 2. The molecule has 0 fully saturated rings. The number of H-pyrrole nitrogens is 1. The lowest BCUT2D eigenvalue weighted by atomic mass is 10.1. The first-order chi connectivity index (χ1) is 16.3. The van der Waals surface area contributed by atoms with Crippen LogP contribution < -0.4 is 10.3 Å². The summed E-state index contributed by atoms with van der Waals surface area (Å²) in [7, 11) is 1.60. The zero-order valence-electron chi connectivity index (χ0n) is 18.8. The van der Waals surface area contributed by atoms with Crippen LogP contribution in [0.15, 0.2) is 72.0 Å². The summed E-state index contributed by atoms with van der Waals surface area (Å²) in [4.78, 5) is 20.8. The highest BCUT2D eigenvalue weighted by Crippen LogP contribution is 2.31. The van der Waals surface area contributed by atoms with Gasteiger partial charge in [0, 0.05) is 29.7 Å². The fourth-order valence-corrected chi connectivity index (χ4v) is 4.19. The highest BCUT2D eigenvalue weighted by molar-refractivity contribution is 5.85. The predicted molar refractivity (Wildman–Crippen MR) is 127 cm³/mol. The van der Waals surface area contributed by atoms with Crippen LogP contribution in [0, 0.1) is 18.6 Å². The topological polar surface area (TPSA) is 64.8 Å². The van der Waals surface area contributed by atoms with Crippen LogP contribution in [0.3, 0.4) is 0 Å². The molecule has 0 saturated heterocycles. The Kier molecular flexibility index (Phi) is 5.28. The van der Waals surface area contributed by atoms with E-state index < -0.39 is 17.7 Å². The number of ether oxygens (including phenoxy) is 1.